The molecule has 0 bridgehead atoms. The van der Waals surface area contributed by atoms with Gasteiger partial charge >= 0.3 is 5.97 Å². The summed E-state index contributed by atoms with van der Waals surface area (Å²) in [5, 5.41) is 19.0. The molecule has 2 N–H and O–H groups in total. The Labute approximate surface area is 206 Å². The van der Waals surface area contributed by atoms with E-state index in [9.17, 15) is 14.7 Å². The lowest BCUT2D eigenvalue weighted by atomic mass is 9.86. The normalized spacial score (nSPS) is 17.7. The van der Waals surface area contributed by atoms with Crippen molar-refractivity contribution in [3.05, 3.63) is 67.3 Å². The monoisotopic (exact) mass is 490 g/mol. The number of hydrogen-bond donors (Lipinski definition) is 2. The Kier molecular flexibility index (Phi) is 6.13. The summed E-state index contributed by atoms with van der Waals surface area (Å²) in [6.45, 7) is 3.38. The molecule has 4 heterocycles. The first kappa shape index (κ1) is 23.8. The number of carbonyl (C=O) groups is 1. The molecule has 36 heavy (non-hydrogen) atoms. The highest BCUT2D eigenvalue weighted by atomic mass is 16.6. The van der Waals surface area contributed by atoms with Gasteiger partial charge < -0.3 is 24.5 Å². The van der Waals surface area contributed by atoms with E-state index >= 15 is 0 Å². The zero-order chi connectivity index (χ0) is 25.4. The number of ether oxygens (including phenoxy) is 2. The summed E-state index contributed by atoms with van der Waals surface area (Å²) in [6, 6.07) is 7.35. The van der Waals surface area contributed by atoms with E-state index in [4.69, 9.17) is 20.0 Å². The standard InChI is InChI=1S/C25H26N6O5/c1-3-25(34)19-10-21-22-17(12-31(21)23(32)18(19)13-36-24(25)33)16(11-27-7-4-8-28-30-26)15-9-14(35-2)5-6-20(15)29-22/h5-6,9-10,27,34H,3-4,7-8,11-13H2,1-2H3/t25-/m0/s1. The second-order valence-corrected chi connectivity index (χ2v) is 8.89. The minimum Gasteiger partial charge on any atom is -0.497 e. The quantitative estimate of drug-likeness (QED) is 0.127. The van der Waals surface area contributed by atoms with Crippen molar-refractivity contribution >= 4 is 16.9 Å². The van der Waals surface area contributed by atoms with Crippen LogP contribution in [0, 0.1) is 0 Å². The van der Waals surface area contributed by atoms with E-state index in [0.717, 1.165) is 22.0 Å². The summed E-state index contributed by atoms with van der Waals surface area (Å²) in [5.74, 6) is -0.0510. The predicted molar refractivity (Wildman–Crippen MR) is 131 cm³/mol. The van der Waals surface area contributed by atoms with E-state index in [0.29, 0.717) is 60.9 Å². The van der Waals surface area contributed by atoms with E-state index in [1.54, 1.807) is 24.7 Å². The number of benzene rings is 1. The van der Waals surface area contributed by atoms with Crippen LogP contribution in [0.4, 0.5) is 0 Å². The molecule has 11 nitrogen and oxygen atoms in total. The maximum absolute atomic E-state index is 13.5. The van der Waals surface area contributed by atoms with E-state index in [2.05, 4.69) is 15.3 Å². The molecule has 1 atom stereocenters. The number of rotatable bonds is 8. The fourth-order valence-electron chi connectivity index (χ4n) is 5.00. The molecule has 2 aromatic heterocycles. The van der Waals surface area contributed by atoms with Crippen molar-refractivity contribution in [1.29, 1.82) is 0 Å². The van der Waals surface area contributed by atoms with Gasteiger partial charge in [-0.25, -0.2) is 9.78 Å². The number of aliphatic hydroxyl groups is 1. The first-order chi connectivity index (χ1) is 17.4. The van der Waals surface area contributed by atoms with Gasteiger partial charge in [0, 0.05) is 34.5 Å². The van der Waals surface area contributed by atoms with Crippen molar-refractivity contribution in [2.75, 3.05) is 20.2 Å². The number of nitrogens with one attached hydrogen (secondary N) is 1. The summed E-state index contributed by atoms with van der Waals surface area (Å²) < 4.78 is 12.2. The average molecular weight is 491 g/mol. The van der Waals surface area contributed by atoms with E-state index in [1.807, 2.05) is 18.2 Å². The average Bonchev–Trinajstić information content (AvgIpc) is 3.26. The van der Waals surface area contributed by atoms with Gasteiger partial charge in [-0.1, -0.05) is 12.0 Å². The lowest BCUT2D eigenvalue weighted by Crippen LogP contribution is -2.44. The third-order valence-electron chi connectivity index (χ3n) is 6.99. The summed E-state index contributed by atoms with van der Waals surface area (Å²) in [4.78, 5) is 33.6. The predicted octanol–water partition coefficient (Wildman–Crippen LogP) is 2.88. The minimum absolute atomic E-state index is 0.0878. The van der Waals surface area contributed by atoms with E-state index < -0.39 is 11.6 Å². The molecule has 0 amide bonds. The van der Waals surface area contributed by atoms with Gasteiger partial charge in [0.2, 0.25) is 0 Å². The van der Waals surface area contributed by atoms with E-state index in [1.165, 1.54) is 0 Å². The Bertz CT molecular complexity index is 1490. The summed E-state index contributed by atoms with van der Waals surface area (Å²) in [6.07, 6.45) is 0.777. The molecule has 11 heteroatoms. The van der Waals surface area contributed by atoms with Gasteiger partial charge in [-0.2, -0.15) is 0 Å². The third-order valence-corrected chi connectivity index (χ3v) is 6.99. The molecule has 1 aromatic carbocycles. The highest BCUT2D eigenvalue weighted by molar-refractivity contribution is 5.90. The molecule has 5 rings (SSSR count). The van der Waals surface area contributed by atoms with Gasteiger partial charge in [0.05, 0.1) is 36.1 Å². The maximum Gasteiger partial charge on any atom is 0.343 e. The van der Waals surface area contributed by atoms with Gasteiger partial charge in [-0.05, 0) is 54.7 Å². The van der Waals surface area contributed by atoms with Crippen molar-refractivity contribution in [3.8, 4) is 17.1 Å². The minimum atomic E-state index is -1.87. The Balaban J connectivity index is 1.65. The molecule has 0 unspecified atom stereocenters. The van der Waals surface area contributed by atoms with Crippen LogP contribution in [0.25, 0.3) is 32.7 Å². The van der Waals surface area contributed by atoms with Crippen LogP contribution >= 0.6 is 0 Å². The number of pyridine rings is 2. The first-order valence-electron chi connectivity index (χ1n) is 11.8. The fourth-order valence-corrected chi connectivity index (χ4v) is 5.00. The highest BCUT2D eigenvalue weighted by Crippen LogP contribution is 2.40. The topological polar surface area (TPSA) is 151 Å². The molecule has 2 aliphatic heterocycles. The number of azide groups is 1. The molecule has 186 valence electrons. The molecular formula is C25H26N6O5. The zero-order valence-electron chi connectivity index (χ0n) is 20.1. The maximum atomic E-state index is 13.5. The van der Waals surface area contributed by atoms with Crippen molar-refractivity contribution in [2.45, 2.75) is 45.1 Å². The summed E-state index contributed by atoms with van der Waals surface area (Å²) >= 11 is 0. The van der Waals surface area contributed by atoms with Gasteiger partial charge in [0.15, 0.2) is 5.60 Å². The molecule has 0 saturated carbocycles. The molecule has 0 aliphatic carbocycles. The Morgan fingerprint density at radius 1 is 1.33 bits per heavy atom. The second kappa shape index (κ2) is 9.27. The van der Waals surface area contributed by atoms with E-state index in [-0.39, 0.29) is 18.6 Å². The van der Waals surface area contributed by atoms with Crippen molar-refractivity contribution in [3.63, 3.8) is 0 Å². The van der Waals surface area contributed by atoms with Crippen LogP contribution in [-0.4, -0.2) is 40.8 Å². The number of aromatic nitrogens is 2. The Morgan fingerprint density at radius 3 is 2.92 bits per heavy atom. The van der Waals surface area contributed by atoms with Gasteiger partial charge in [-0.3, -0.25) is 4.79 Å². The number of cyclic esters (lactones) is 1. The van der Waals surface area contributed by atoms with Crippen LogP contribution in [0.3, 0.4) is 0 Å². The van der Waals surface area contributed by atoms with Crippen LogP contribution in [0.15, 0.2) is 34.2 Å². The fraction of sp³-hybridized carbons (Fsp3) is 0.400. The highest BCUT2D eigenvalue weighted by Gasteiger charge is 2.45. The lowest BCUT2D eigenvalue weighted by molar-refractivity contribution is -0.172. The molecule has 2 aliphatic rings. The van der Waals surface area contributed by atoms with Gasteiger partial charge in [0.25, 0.3) is 5.56 Å². The van der Waals surface area contributed by atoms with Crippen LogP contribution in [0.5, 0.6) is 5.75 Å². The molecule has 0 radical (unpaired) electrons. The summed E-state index contributed by atoms with van der Waals surface area (Å²) in [5.41, 5.74) is 10.7. The van der Waals surface area contributed by atoms with Crippen molar-refractivity contribution in [2.24, 2.45) is 5.11 Å². The van der Waals surface area contributed by atoms with Gasteiger partial charge in [0.1, 0.15) is 12.4 Å². The molecule has 0 fully saturated rings. The zero-order valence-corrected chi connectivity index (χ0v) is 20.1. The van der Waals surface area contributed by atoms with Crippen LogP contribution in [0.2, 0.25) is 0 Å². The largest absolute Gasteiger partial charge is 0.497 e. The lowest BCUT2D eigenvalue weighted by Gasteiger charge is -2.31. The van der Waals surface area contributed by atoms with Gasteiger partial charge in [-0.15, -0.1) is 0 Å². The summed E-state index contributed by atoms with van der Waals surface area (Å²) in [7, 11) is 1.60. The number of carbonyl (C=O) groups excluding carboxylic acids is 1. The van der Waals surface area contributed by atoms with Crippen LogP contribution in [0.1, 0.15) is 42.0 Å². The molecule has 0 saturated heterocycles. The SMILES string of the molecule is CC[C@@]1(O)C(=O)OCc2c1cc1n(c2=O)Cc2c-1nc1ccc(OC)cc1c2CNCCCN=[N+]=[N-]. The second-order valence-electron chi connectivity index (χ2n) is 8.89. The number of fused-ring (bicyclic) bond motifs is 5. The first-order valence-corrected chi connectivity index (χ1v) is 11.8. The van der Waals surface area contributed by atoms with Crippen molar-refractivity contribution in [1.82, 2.24) is 14.9 Å². The smallest absolute Gasteiger partial charge is 0.343 e. The van der Waals surface area contributed by atoms with Crippen LogP contribution < -0.4 is 15.6 Å². The number of esters is 1. The van der Waals surface area contributed by atoms with Crippen LogP contribution in [-0.2, 0) is 34.8 Å². The molecule has 3 aromatic rings. The number of nitrogens with zero attached hydrogens (tertiary/aromatic N) is 5. The molecular weight excluding hydrogens is 464 g/mol. The third kappa shape index (κ3) is 3.69. The van der Waals surface area contributed by atoms with Crippen molar-refractivity contribution < 1.29 is 19.4 Å². The molecule has 0 spiro atoms. The number of methoxy groups -OCH3 is 1. The Hall–Kier alpha value is -3.92. The number of hydrogen-bond acceptors (Lipinski definition) is 8. The Morgan fingerprint density at radius 2 is 2.17 bits per heavy atom.